The highest BCUT2D eigenvalue weighted by atomic mass is 35.5. The largest absolute Gasteiger partial charge is 0.494 e. The molecule has 11 heteroatoms. The van der Waals surface area contributed by atoms with Crippen molar-refractivity contribution in [1.82, 2.24) is 5.43 Å². The van der Waals surface area contributed by atoms with Crippen LogP contribution in [0.1, 0.15) is 12.5 Å². The number of nitrogens with one attached hydrogen (secondary N) is 1. The second-order valence-electron chi connectivity index (χ2n) is 7.04. The first-order chi connectivity index (χ1) is 16.8. The number of hydrazone groups is 1. The molecule has 184 valence electrons. The monoisotopic (exact) mass is 551 g/mol. The zero-order valence-electron chi connectivity index (χ0n) is 18.9. The highest BCUT2D eigenvalue weighted by molar-refractivity contribution is 7.98. The van der Waals surface area contributed by atoms with Crippen molar-refractivity contribution in [1.29, 1.82) is 0 Å². The van der Waals surface area contributed by atoms with Crippen LogP contribution in [0.5, 0.6) is 5.75 Å². The third-order valence-corrected chi connectivity index (χ3v) is 7.94. The lowest BCUT2D eigenvalue weighted by Gasteiger charge is -2.24. The predicted octanol–water partition coefficient (Wildman–Crippen LogP) is 5.46. The number of hydrogen-bond acceptors (Lipinski definition) is 6. The Labute approximate surface area is 219 Å². The average molecular weight is 553 g/mol. The summed E-state index contributed by atoms with van der Waals surface area (Å²) in [5, 5.41) is 4.62. The van der Waals surface area contributed by atoms with Crippen molar-refractivity contribution in [3.05, 3.63) is 82.3 Å². The molecule has 0 aliphatic heterocycles. The van der Waals surface area contributed by atoms with E-state index < -0.39 is 22.5 Å². The average Bonchev–Trinajstić information content (AvgIpc) is 2.85. The maximum Gasteiger partial charge on any atom is 0.264 e. The Morgan fingerprint density at radius 2 is 1.69 bits per heavy atom. The molecule has 0 radical (unpaired) electrons. The van der Waals surface area contributed by atoms with Gasteiger partial charge in [-0.2, -0.15) is 5.10 Å². The van der Waals surface area contributed by atoms with Crippen LogP contribution >= 0.6 is 35.0 Å². The number of hydrogen-bond donors (Lipinski definition) is 1. The number of rotatable bonds is 10. The Morgan fingerprint density at radius 1 is 1.06 bits per heavy atom. The number of benzene rings is 3. The van der Waals surface area contributed by atoms with Gasteiger partial charge in [0.1, 0.15) is 12.3 Å². The van der Waals surface area contributed by atoms with Crippen LogP contribution in [0.25, 0.3) is 0 Å². The van der Waals surface area contributed by atoms with Gasteiger partial charge >= 0.3 is 0 Å². The molecular formula is C24H23Cl2N3O4S2. The van der Waals surface area contributed by atoms with Gasteiger partial charge in [0.2, 0.25) is 0 Å². The van der Waals surface area contributed by atoms with Crippen molar-refractivity contribution in [2.45, 2.75) is 16.7 Å². The lowest BCUT2D eigenvalue weighted by atomic mass is 10.2. The Balaban J connectivity index is 1.87. The first kappa shape index (κ1) is 26.9. The van der Waals surface area contributed by atoms with Gasteiger partial charge in [-0.3, -0.25) is 9.10 Å². The number of amides is 1. The van der Waals surface area contributed by atoms with Crippen LogP contribution in [0.2, 0.25) is 10.0 Å². The van der Waals surface area contributed by atoms with Gasteiger partial charge in [-0.1, -0.05) is 29.3 Å². The SMILES string of the molecule is CCOc1ccc(N(CC(=O)N/N=C\c2c(Cl)cccc2Cl)S(=O)(=O)c2ccc(SC)cc2)cc1. The highest BCUT2D eigenvalue weighted by Crippen LogP contribution is 2.27. The molecule has 35 heavy (non-hydrogen) atoms. The van der Waals surface area contributed by atoms with Gasteiger partial charge in [0.15, 0.2) is 0 Å². The topological polar surface area (TPSA) is 88.1 Å². The molecule has 0 aliphatic carbocycles. The molecular weight excluding hydrogens is 529 g/mol. The number of carbonyl (C=O) groups excluding carboxylic acids is 1. The summed E-state index contributed by atoms with van der Waals surface area (Å²) in [5.41, 5.74) is 3.07. The van der Waals surface area contributed by atoms with Crippen molar-refractivity contribution in [3.63, 3.8) is 0 Å². The maximum atomic E-state index is 13.5. The van der Waals surface area contributed by atoms with E-state index in [1.165, 1.54) is 30.1 Å². The fourth-order valence-corrected chi connectivity index (χ4v) is 5.36. The van der Waals surface area contributed by atoms with Crippen molar-refractivity contribution < 1.29 is 17.9 Å². The normalized spacial score (nSPS) is 11.4. The second kappa shape index (κ2) is 12.3. The molecule has 0 atom stereocenters. The van der Waals surface area contributed by atoms with E-state index in [-0.39, 0.29) is 4.90 Å². The predicted molar refractivity (Wildman–Crippen MR) is 143 cm³/mol. The molecule has 3 aromatic carbocycles. The van der Waals surface area contributed by atoms with E-state index in [0.29, 0.717) is 33.7 Å². The number of ether oxygens (including phenoxy) is 1. The summed E-state index contributed by atoms with van der Waals surface area (Å²) in [6.07, 6.45) is 3.20. The first-order valence-electron chi connectivity index (χ1n) is 10.4. The molecule has 0 unspecified atom stereocenters. The number of halogens is 2. The zero-order valence-corrected chi connectivity index (χ0v) is 22.1. The van der Waals surface area contributed by atoms with Crippen LogP contribution in [-0.2, 0) is 14.8 Å². The van der Waals surface area contributed by atoms with Crippen molar-refractivity contribution in [2.24, 2.45) is 5.10 Å². The zero-order chi connectivity index (χ0) is 25.4. The maximum absolute atomic E-state index is 13.5. The van der Waals surface area contributed by atoms with Gasteiger partial charge in [0, 0.05) is 10.5 Å². The minimum atomic E-state index is -4.06. The second-order valence-corrected chi connectivity index (χ2v) is 10.6. The summed E-state index contributed by atoms with van der Waals surface area (Å²) in [7, 11) is -4.06. The van der Waals surface area contributed by atoms with Gasteiger partial charge in [0.05, 0.1) is 33.4 Å². The van der Waals surface area contributed by atoms with E-state index in [1.54, 1.807) is 54.6 Å². The number of carbonyl (C=O) groups is 1. The molecule has 0 bridgehead atoms. The Hall–Kier alpha value is -2.72. The fourth-order valence-electron chi connectivity index (χ4n) is 3.03. The molecule has 0 aliphatic rings. The van der Waals surface area contributed by atoms with Gasteiger partial charge in [-0.05, 0) is 73.8 Å². The lowest BCUT2D eigenvalue weighted by molar-refractivity contribution is -0.119. The molecule has 0 spiro atoms. The minimum Gasteiger partial charge on any atom is -0.494 e. The summed E-state index contributed by atoms with van der Waals surface area (Å²) in [6, 6.07) is 17.9. The molecule has 3 aromatic rings. The van der Waals surface area contributed by atoms with Gasteiger partial charge < -0.3 is 4.74 Å². The smallest absolute Gasteiger partial charge is 0.264 e. The number of sulfonamides is 1. The summed E-state index contributed by atoms with van der Waals surface area (Å²) >= 11 is 13.7. The number of anilines is 1. The third-order valence-electron chi connectivity index (χ3n) is 4.75. The van der Waals surface area contributed by atoms with E-state index in [9.17, 15) is 13.2 Å². The van der Waals surface area contributed by atoms with E-state index in [1.807, 2.05) is 13.2 Å². The third kappa shape index (κ3) is 6.91. The molecule has 1 N–H and O–H groups in total. The van der Waals surface area contributed by atoms with Crippen LogP contribution in [0, 0.1) is 0 Å². The minimum absolute atomic E-state index is 0.0586. The van der Waals surface area contributed by atoms with Crippen LogP contribution in [0.3, 0.4) is 0 Å². The molecule has 0 fully saturated rings. The highest BCUT2D eigenvalue weighted by Gasteiger charge is 2.27. The first-order valence-corrected chi connectivity index (χ1v) is 13.8. The molecule has 7 nitrogen and oxygen atoms in total. The van der Waals surface area contributed by atoms with E-state index in [0.717, 1.165) is 9.20 Å². The van der Waals surface area contributed by atoms with E-state index >= 15 is 0 Å². The van der Waals surface area contributed by atoms with Crippen molar-refractivity contribution in [3.8, 4) is 5.75 Å². The quantitative estimate of drug-likeness (QED) is 0.205. The molecule has 0 saturated heterocycles. The molecule has 0 heterocycles. The molecule has 3 rings (SSSR count). The van der Waals surface area contributed by atoms with Crippen LogP contribution in [0.15, 0.2) is 81.6 Å². The van der Waals surface area contributed by atoms with Gasteiger partial charge in [-0.15, -0.1) is 11.8 Å². The lowest BCUT2D eigenvalue weighted by Crippen LogP contribution is -2.39. The van der Waals surface area contributed by atoms with Crippen molar-refractivity contribution >= 4 is 62.8 Å². The van der Waals surface area contributed by atoms with Gasteiger partial charge in [-0.25, -0.2) is 13.8 Å². The Bertz CT molecular complexity index is 1280. The van der Waals surface area contributed by atoms with Gasteiger partial charge in [0.25, 0.3) is 15.9 Å². The Kier molecular flexibility index (Phi) is 9.45. The number of nitrogens with zero attached hydrogens (tertiary/aromatic N) is 2. The van der Waals surface area contributed by atoms with Crippen molar-refractivity contribution in [2.75, 3.05) is 23.7 Å². The molecule has 1 amide bonds. The van der Waals surface area contributed by atoms with E-state index in [2.05, 4.69) is 10.5 Å². The summed E-state index contributed by atoms with van der Waals surface area (Å²) in [5.74, 6) is -0.0637. The fraction of sp³-hybridized carbons (Fsp3) is 0.167. The van der Waals surface area contributed by atoms with Crippen LogP contribution in [-0.4, -0.2) is 39.9 Å². The molecule has 0 saturated carbocycles. The summed E-state index contributed by atoms with van der Waals surface area (Å²) in [4.78, 5) is 13.7. The Morgan fingerprint density at radius 3 is 2.26 bits per heavy atom. The van der Waals surface area contributed by atoms with Crippen LogP contribution in [0.4, 0.5) is 5.69 Å². The summed E-state index contributed by atoms with van der Waals surface area (Å²) in [6.45, 7) is 1.82. The standard InChI is InChI=1S/C24H23Cl2N3O4S2/c1-3-33-18-9-7-17(8-10-18)29(35(31,32)20-13-11-19(34-2)12-14-20)16-24(30)28-27-15-21-22(25)5-4-6-23(21)26/h4-15H,3,16H2,1-2H3,(H,28,30)/b27-15-. The summed E-state index contributed by atoms with van der Waals surface area (Å²) < 4.78 is 33.5. The number of thioether (sulfide) groups is 1. The van der Waals surface area contributed by atoms with E-state index in [4.69, 9.17) is 27.9 Å². The van der Waals surface area contributed by atoms with Crippen LogP contribution < -0.4 is 14.5 Å². The molecule has 0 aromatic heterocycles.